The van der Waals surface area contributed by atoms with Crippen molar-refractivity contribution in [1.29, 1.82) is 0 Å². The number of anilines is 1. The smallest absolute Gasteiger partial charge is 0.335 e. The van der Waals surface area contributed by atoms with Crippen LogP contribution in [0.15, 0.2) is 12.1 Å². The molecule has 1 unspecified atom stereocenters. The minimum absolute atomic E-state index is 0.168. The number of rotatable bonds is 7. The largest absolute Gasteiger partial charge is 0.478 e. The van der Waals surface area contributed by atoms with Crippen molar-refractivity contribution >= 4 is 11.8 Å². The molecule has 0 saturated heterocycles. The van der Waals surface area contributed by atoms with E-state index in [1.807, 2.05) is 0 Å². The Morgan fingerprint density at radius 3 is 2.78 bits per heavy atom. The number of nitrogens with zero attached hydrogens (tertiary/aromatic N) is 1. The van der Waals surface area contributed by atoms with Crippen molar-refractivity contribution in [1.82, 2.24) is 4.98 Å². The maximum absolute atomic E-state index is 10.9. The quantitative estimate of drug-likeness (QED) is 0.690. The van der Waals surface area contributed by atoms with E-state index in [2.05, 4.69) is 17.2 Å². The Labute approximate surface area is 107 Å². The number of carbonyl (C=O) groups is 1. The molecule has 18 heavy (non-hydrogen) atoms. The summed E-state index contributed by atoms with van der Waals surface area (Å²) in [5.41, 5.74) is 0.910. The van der Waals surface area contributed by atoms with Gasteiger partial charge in [0.25, 0.3) is 0 Å². The van der Waals surface area contributed by atoms with Crippen LogP contribution in [0, 0.1) is 12.8 Å². The number of pyridine rings is 1. The van der Waals surface area contributed by atoms with E-state index >= 15 is 0 Å². The first-order valence-corrected chi connectivity index (χ1v) is 6.13. The van der Waals surface area contributed by atoms with Crippen LogP contribution in [0.4, 0.5) is 5.82 Å². The van der Waals surface area contributed by atoms with Gasteiger partial charge >= 0.3 is 5.97 Å². The first kappa shape index (κ1) is 14.4. The molecule has 0 aliphatic carbocycles. The highest BCUT2D eigenvalue weighted by Crippen LogP contribution is 2.13. The first-order chi connectivity index (χ1) is 8.56. The van der Waals surface area contributed by atoms with Gasteiger partial charge in [-0.25, -0.2) is 9.78 Å². The maximum atomic E-state index is 10.9. The SMILES string of the molecule is CCC(CCO)CNc1cc(C(=O)O)cc(C)n1. The van der Waals surface area contributed by atoms with Crippen molar-refractivity contribution in [2.45, 2.75) is 26.7 Å². The van der Waals surface area contributed by atoms with Gasteiger partial charge in [0.2, 0.25) is 0 Å². The summed E-state index contributed by atoms with van der Waals surface area (Å²) in [4.78, 5) is 15.2. The number of aliphatic hydroxyl groups is 1. The van der Waals surface area contributed by atoms with Crippen molar-refractivity contribution in [2.75, 3.05) is 18.5 Å². The lowest BCUT2D eigenvalue weighted by atomic mass is 10.0. The van der Waals surface area contributed by atoms with Crippen molar-refractivity contribution < 1.29 is 15.0 Å². The van der Waals surface area contributed by atoms with Crippen LogP contribution in [0.5, 0.6) is 0 Å². The van der Waals surface area contributed by atoms with Crippen molar-refractivity contribution in [2.24, 2.45) is 5.92 Å². The Morgan fingerprint density at radius 1 is 1.50 bits per heavy atom. The summed E-state index contributed by atoms with van der Waals surface area (Å²) in [6.45, 7) is 4.69. The molecule has 0 radical (unpaired) electrons. The third-order valence-electron chi connectivity index (χ3n) is 2.89. The predicted molar refractivity (Wildman–Crippen MR) is 69.9 cm³/mol. The predicted octanol–water partition coefficient (Wildman–Crippen LogP) is 1.91. The summed E-state index contributed by atoms with van der Waals surface area (Å²) >= 11 is 0. The monoisotopic (exact) mass is 252 g/mol. The lowest BCUT2D eigenvalue weighted by Crippen LogP contribution is -2.16. The average Bonchev–Trinajstić information content (AvgIpc) is 2.33. The number of nitrogens with one attached hydrogen (secondary N) is 1. The summed E-state index contributed by atoms with van der Waals surface area (Å²) in [7, 11) is 0. The average molecular weight is 252 g/mol. The molecule has 3 N–H and O–H groups in total. The van der Waals surface area contributed by atoms with Crippen LogP contribution in [-0.2, 0) is 0 Å². The minimum Gasteiger partial charge on any atom is -0.478 e. The van der Waals surface area contributed by atoms with Gasteiger partial charge in [0, 0.05) is 18.8 Å². The van der Waals surface area contributed by atoms with Gasteiger partial charge in [-0.15, -0.1) is 0 Å². The van der Waals surface area contributed by atoms with Gasteiger partial charge in [0.05, 0.1) is 5.56 Å². The fourth-order valence-electron chi connectivity index (χ4n) is 1.76. The van der Waals surface area contributed by atoms with E-state index in [0.29, 0.717) is 24.0 Å². The topological polar surface area (TPSA) is 82.5 Å². The zero-order valence-electron chi connectivity index (χ0n) is 10.8. The second-order valence-electron chi connectivity index (χ2n) is 4.36. The first-order valence-electron chi connectivity index (χ1n) is 6.13. The van der Waals surface area contributed by atoms with Crippen molar-refractivity contribution in [3.05, 3.63) is 23.4 Å². The van der Waals surface area contributed by atoms with E-state index in [1.54, 1.807) is 13.0 Å². The number of aryl methyl sites for hydroxylation is 1. The van der Waals surface area contributed by atoms with E-state index in [0.717, 1.165) is 12.8 Å². The minimum atomic E-state index is -0.953. The zero-order valence-corrected chi connectivity index (χ0v) is 10.8. The summed E-state index contributed by atoms with van der Waals surface area (Å²) in [6.07, 6.45) is 1.70. The summed E-state index contributed by atoms with van der Waals surface area (Å²) in [6, 6.07) is 3.07. The molecule has 100 valence electrons. The molecule has 0 bridgehead atoms. The molecule has 0 aliphatic heterocycles. The second-order valence-corrected chi connectivity index (χ2v) is 4.36. The molecular weight excluding hydrogens is 232 g/mol. The molecule has 5 nitrogen and oxygen atoms in total. The lowest BCUT2D eigenvalue weighted by Gasteiger charge is -2.15. The Kier molecular flexibility index (Phi) is 5.58. The van der Waals surface area contributed by atoms with Gasteiger partial charge in [-0.2, -0.15) is 0 Å². The highest BCUT2D eigenvalue weighted by atomic mass is 16.4. The molecule has 1 aromatic heterocycles. The fraction of sp³-hybridized carbons (Fsp3) is 0.538. The molecule has 1 rings (SSSR count). The normalized spacial score (nSPS) is 12.2. The molecule has 0 amide bonds. The lowest BCUT2D eigenvalue weighted by molar-refractivity contribution is 0.0696. The van der Waals surface area contributed by atoms with Gasteiger partial charge in [-0.3, -0.25) is 0 Å². The molecule has 0 fully saturated rings. The standard InChI is InChI=1S/C13H20N2O3/c1-3-10(4-5-16)8-14-12-7-11(13(17)18)6-9(2)15-12/h6-7,10,16H,3-5,8H2,1-2H3,(H,14,15)(H,17,18). The third kappa shape index (κ3) is 4.33. The van der Waals surface area contributed by atoms with Gasteiger partial charge < -0.3 is 15.5 Å². The number of aromatic carboxylic acids is 1. The number of hydrogen-bond acceptors (Lipinski definition) is 4. The Morgan fingerprint density at radius 2 is 2.22 bits per heavy atom. The highest BCUT2D eigenvalue weighted by molar-refractivity contribution is 5.88. The molecule has 0 aliphatic rings. The number of hydrogen-bond donors (Lipinski definition) is 3. The van der Waals surface area contributed by atoms with Crippen LogP contribution in [0.25, 0.3) is 0 Å². The summed E-state index contributed by atoms with van der Waals surface area (Å²) < 4.78 is 0. The second kappa shape index (κ2) is 6.96. The van der Waals surface area contributed by atoms with Gasteiger partial charge in [-0.1, -0.05) is 13.3 Å². The van der Waals surface area contributed by atoms with E-state index in [9.17, 15) is 4.79 Å². The number of aromatic nitrogens is 1. The highest BCUT2D eigenvalue weighted by Gasteiger charge is 2.09. The fourth-order valence-corrected chi connectivity index (χ4v) is 1.76. The van der Waals surface area contributed by atoms with E-state index in [1.165, 1.54) is 6.07 Å². The summed E-state index contributed by atoms with van der Waals surface area (Å²) in [5, 5.41) is 21.0. The maximum Gasteiger partial charge on any atom is 0.335 e. The number of carboxylic acid groups (broad SMARTS) is 1. The molecule has 0 spiro atoms. The van der Waals surface area contributed by atoms with Crippen LogP contribution in [-0.4, -0.2) is 34.3 Å². The van der Waals surface area contributed by atoms with E-state index in [4.69, 9.17) is 10.2 Å². The number of aliphatic hydroxyl groups excluding tert-OH is 1. The van der Waals surface area contributed by atoms with Crippen LogP contribution in [0.1, 0.15) is 35.8 Å². The molecular formula is C13H20N2O3. The molecule has 1 atom stereocenters. The third-order valence-corrected chi connectivity index (χ3v) is 2.89. The summed E-state index contributed by atoms with van der Waals surface area (Å²) in [5.74, 6) is -0.0136. The van der Waals surface area contributed by atoms with Gasteiger partial charge in [0.15, 0.2) is 0 Å². The Hall–Kier alpha value is -1.62. The van der Waals surface area contributed by atoms with Crippen LogP contribution < -0.4 is 5.32 Å². The van der Waals surface area contributed by atoms with Crippen LogP contribution in [0.2, 0.25) is 0 Å². The van der Waals surface area contributed by atoms with Crippen LogP contribution in [0.3, 0.4) is 0 Å². The van der Waals surface area contributed by atoms with E-state index < -0.39 is 5.97 Å². The Balaban J connectivity index is 2.69. The van der Waals surface area contributed by atoms with E-state index in [-0.39, 0.29) is 12.2 Å². The van der Waals surface area contributed by atoms with Crippen molar-refractivity contribution in [3.63, 3.8) is 0 Å². The molecule has 1 aromatic rings. The molecule has 0 aromatic carbocycles. The molecule has 5 heteroatoms. The molecule has 0 saturated carbocycles. The Bertz CT molecular complexity index is 407. The molecule has 1 heterocycles. The number of carboxylic acids is 1. The van der Waals surface area contributed by atoms with Gasteiger partial charge in [0.1, 0.15) is 5.82 Å². The zero-order chi connectivity index (χ0) is 13.5. The van der Waals surface area contributed by atoms with Gasteiger partial charge in [-0.05, 0) is 31.4 Å². The van der Waals surface area contributed by atoms with Crippen molar-refractivity contribution in [3.8, 4) is 0 Å². The van der Waals surface area contributed by atoms with Crippen LogP contribution >= 0.6 is 0 Å².